The van der Waals surface area contributed by atoms with Crippen molar-refractivity contribution >= 4 is 6.29 Å². The summed E-state index contributed by atoms with van der Waals surface area (Å²) < 4.78 is 2.09. The van der Waals surface area contributed by atoms with E-state index in [-0.39, 0.29) is 0 Å². The quantitative estimate of drug-likeness (QED) is 0.656. The number of rotatable bonds is 5. The maximum absolute atomic E-state index is 10.7. The van der Waals surface area contributed by atoms with Crippen LogP contribution in [0.25, 0.3) is 0 Å². The lowest BCUT2D eigenvalue weighted by Crippen LogP contribution is -2.12. The van der Waals surface area contributed by atoms with Crippen LogP contribution in [0.5, 0.6) is 0 Å². The standard InChI is InChI=1S/C12H17NO/c1-2-5-12(6-7-12)10-13-8-3-4-11(13)9-14/h3-4,8-9H,2,5-7,10H2,1H3. The van der Waals surface area contributed by atoms with Crippen LogP contribution in [0.4, 0.5) is 0 Å². The summed E-state index contributed by atoms with van der Waals surface area (Å²) in [6.07, 6.45) is 8.16. The van der Waals surface area contributed by atoms with E-state index < -0.39 is 0 Å². The summed E-state index contributed by atoms with van der Waals surface area (Å²) in [6.45, 7) is 3.26. The average molecular weight is 191 g/mol. The minimum Gasteiger partial charge on any atom is -0.345 e. The fourth-order valence-corrected chi connectivity index (χ4v) is 2.23. The number of carbonyl (C=O) groups excluding carboxylic acids is 1. The molecular weight excluding hydrogens is 174 g/mol. The molecule has 1 aliphatic carbocycles. The van der Waals surface area contributed by atoms with Crippen LogP contribution in [0.3, 0.4) is 0 Å². The Morgan fingerprint density at radius 2 is 2.36 bits per heavy atom. The van der Waals surface area contributed by atoms with Gasteiger partial charge in [0.1, 0.15) is 0 Å². The summed E-state index contributed by atoms with van der Waals surface area (Å²) in [5.41, 5.74) is 1.33. The molecule has 0 amide bonds. The first-order valence-electron chi connectivity index (χ1n) is 5.40. The molecule has 0 N–H and O–H groups in total. The number of hydrogen-bond acceptors (Lipinski definition) is 1. The molecular formula is C12H17NO. The monoisotopic (exact) mass is 191 g/mol. The maximum atomic E-state index is 10.7. The van der Waals surface area contributed by atoms with Crippen molar-refractivity contribution in [3.8, 4) is 0 Å². The van der Waals surface area contributed by atoms with Gasteiger partial charge in [-0.25, -0.2) is 0 Å². The van der Waals surface area contributed by atoms with Crippen LogP contribution in [-0.4, -0.2) is 10.9 Å². The summed E-state index contributed by atoms with van der Waals surface area (Å²) in [5, 5.41) is 0. The van der Waals surface area contributed by atoms with Crippen molar-refractivity contribution in [2.75, 3.05) is 0 Å². The van der Waals surface area contributed by atoms with Gasteiger partial charge < -0.3 is 4.57 Å². The Labute approximate surface area is 84.9 Å². The van der Waals surface area contributed by atoms with Gasteiger partial charge in [-0.05, 0) is 36.8 Å². The van der Waals surface area contributed by atoms with Crippen LogP contribution in [0.1, 0.15) is 43.1 Å². The van der Waals surface area contributed by atoms with Gasteiger partial charge in [0.15, 0.2) is 6.29 Å². The Kier molecular flexibility index (Phi) is 2.44. The highest BCUT2D eigenvalue weighted by molar-refractivity contribution is 5.72. The summed E-state index contributed by atoms with van der Waals surface area (Å²) in [6, 6.07) is 3.83. The van der Waals surface area contributed by atoms with Gasteiger partial charge in [-0.15, -0.1) is 0 Å². The molecule has 0 saturated heterocycles. The van der Waals surface area contributed by atoms with Gasteiger partial charge in [0.2, 0.25) is 0 Å². The SMILES string of the molecule is CCCC1(Cn2cccc2C=O)CC1. The van der Waals surface area contributed by atoms with E-state index in [1.807, 2.05) is 18.3 Å². The summed E-state index contributed by atoms with van der Waals surface area (Å²) in [7, 11) is 0. The maximum Gasteiger partial charge on any atom is 0.166 e. The zero-order valence-electron chi connectivity index (χ0n) is 8.70. The third kappa shape index (κ3) is 1.74. The second kappa shape index (κ2) is 3.60. The molecule has 0 aliphatic heterocycles. The number of nitrogens with zero attached hydrogens (tertiary/aromatic N) is 1. The fraction of sp³-hybridized carbons (Fsp3) is 0.583. The molecule has 0 aromatic carbocycles. The summed E-state index contributed by atoms with van der Waals surface area (Å²) in [5.74, 6) is 0. The molecule has 1 aromatic rings. The van der Waals surface area contributed by atoms with E-state index in [0.29, 0.717) is 5.41 Å². The van der Waals surface area contributed by atoms with Crippen molar-refractivity contribution in [1.29, 1.82) is 0 Å². The largest absolute Gasteiger partial charge is 0.345 e. The summed E-state index contributed by atoms with van der Waals surface area (Å²) >= 11 is 0. The molecule has 2 nitrogen and oxygen atoms in total. The first-order valence-corrected chi connectivity index (χ1v) is 5.40. The fourth-order valence-electron chi connectivity index (χ4n) is 2.23. The zero-order chi connectivity index (χ0) is 10.0. The highest BCUT2D eigenvalue weighted by Gasteiger charge is 2.41. The van der Waals surface area contributed by atoms with Gasteiger partial charge in [-0.2, -0.15) is 0 Å². The molecule has 2 heteroatoms. The molecule has 0 atom stereocenters. The third-order valence-corrected chi connectivity index (χ3v) is 3.23. The number of aromatic nitrogens is 1. The van der Waals surface area contributed by atoms with Crippen molar-refractivity contribution in [3.05, 3.63) is 24.0 Å². The second-order valence-electron chi connectivity index (χ2n) is 4.43. The predicted molar refractivity (Wildman–Crippen MR) is 56.4 cm³/mol. The van der Waals surface area contributed by atoms with Gasteiger partial charge in [0.25, 0.3) is 0 Å². The van der Waals surface area contributed by atoms with Crippen LogP contribution in [-0.2, 0) is 6.54 Å². The highest BCUT2D eigenvalue weighted by atomic mass is 16.1. The Morgan fingerprint density at radius 3 is 2.93 bits per heavy atom. The minimum absolute atomic E-state index is 0.519. The van der Waals surface area contributed by atoms with Crippen molar-refractivity contribution in [1.82, 2.24) is 4.57 Å². The molecule has 0 radical (unpaired) electrons. The van der Waals surface area contributed by atoms with Crippen LogP contribution in [0.15, 0.2) is 18.3 Å². The van der Waals surface area contributed by atoms with Crippen LogP contribution < -0.4 is 0 Å². The lowest BCUT2D eigenvalue weighted by Gasteiger charge is -2.15. The molecule has 1 fully saturated rings. The topological polar surface area (TPSA) is 22.0 Å². The number of carbonyl (C=O) groups is 1. The Morgan fingerprint density at radius 1 is 1.57 bits per heavy atom. The number of aldehydes is 1. The normalized spacial score (nSPS) is 18.1. The highest BCUT2D eigenvalue weighted by Crippen LogP contribution is 2.51. The van der Waals surface area contributed by atoms with E-state index in [1.54, 1.807) is 0 Å². The Bertz CT molecular complexity index is 323. The number of hydrogen-bond donors (Lipinski definition) is 0. The Balaban J connectivity index is 2.07. The average Bonchev–Trinajstić information content (AvgIpc) is 2.79. The van der Waals surface area contributed by atoms with Gasteiger partial charge in [0, 0.05) is 12.7 Å². The van der Waals surface area contributed by atoms with Gasteiger partial charge >= 0.3 is 0 Å². The zero-order valence-corrected chi connectivity index (χ0v) is 8.70. The molecule has 0 bridgehead atoms. The molecule has 14 heavy (non-hydrogen) atoms. The van der Waals surface area contributed by atoms with Gasteiger partial charge in [-0.3, -0.25) is 4.79 Å². The van der Waals surface area contributed by atoms with Crippen LogP contribution in [0, 0.1) is 5.41 Å². The lowest BCUT2D eigenvalue weighted by molar-refractivity contribution is 0.111. The lowest BCUT2D eigenvalue weighted by atomic mass is 10.0. The molecule has 2 rings (SSSR count). The van der Waals surface area contributed by atoms with E-state index >= 15 is 0 Å². The molecule has 1 aliphatic rings. The van der Waals surface area contributed by atoms with Gasteiger partial charge in [0.05, 0.1) is 5.69 Å². The van der Waals surface area contributed by atoms with E-state index in [9.17, 15) is 4.79 Å². The molecule has 1 saturated carbocycles. The van der Waals surface area contributed by atoms with E-state index in [0.717, 1.165) is 18.5 Å². The Hall–Kier alpha value is -1.05. The van der Waals surface area contributed by atoms with Gasteiger partial charge in [-0.1, -0.05) is 13.3 Å². The molecule has 0 spiro atoms. The van der Waals surface area contributed by atoms with Crippen LogP contribution in [0.2, 0.25) is 0 Å². The molecule has 76 valence electrons. The third-order valence-electron chi connectivity index (χ3n) is 3.23. The van der Waals surface area contributed by atoms with E-state index in [4.69, 9.17) is 0 Å². The molecule has 1 heterocycles. The van der Waals surface area contributed by atoms with E-state index in [1.165, 1.54) is 25.7 Å². The molecule has 1 aromatic heterocycles. The van der Waals surface area contributed by atoms with Crippen LogP contribution >= 0.6 is 0 Å². The van der Waals surface area contributed by atoms with Crippen molar-refractivity contribution in [3.63, 3.8) is 0 Å². The van der Waals surface area contributed by atoms with Crippen molar-refractivity contribution in [2.24, 2.45) is 5.41 Å². The first-order chi connectivity index (χ1) is 6.79. The van der Waals surface area contributed by atoms with E-state index in [2.05, 4.69) is 11.5 Å². The van der Waals surface area contributed by atoms with Crippen molar-refractivity contribution in [2.45, 2.75) is 39.2 Å². The predicted octanol–water partition coefficient (Wildman–Crippen LogP) is 2.88. The van der Waals surface area contributed by atoms with Crippen molar-refractivity contribution < 1.29 is 4.79 Å². The second-order valence-corrected chi connectivity index (χ2v) is 4.43. The molecule has 0 unspecified atom stereocenters. The summed E-state index contributed by atoms with van der Waals surface area (Å²) in [4.78, 5) is 10.7. The minimum atomic E-state index is 0.519. The first kappa shape index (κ1) is 9.50. The smallest absolute Gasteiger partial charge is 0.166 e.